The predicted molar refractivity (Wildman–Crippen MR) is 56.1 cm³/mol. The van der Waals surface area contributed by atoms with Crippen molar-refractivity contribution in [3.05, 3.63) is 24.3 Å². The van der Waals surface area contributed by atoms with Crippen LogP contribution in [0.5, 0.6) is 5.75 Å². The van der Waals surface area contributed by atoms with Gasteiger partial charge in [0.25, 0.3) is 6.69 Å². The molecule has 0 unspecified atom stereocenters. The Hall–Kier alpha value is -0.393. The molecule has 0 radical (unpaired) electrons. The Morgan fingerprint density at radius 2 is 1.87 bits per heavy atom. The Morgan fingerprint density at radius 1 is 1.27 bits per heavy atom. The standard InChI is InChI=1S/C8H7Cl2F3OSi/c1-15(9,10)7-4-2-3-6(5-7)14-8(11,12)13/h2-5H,1H3. The van der Waals surface area contributed by atoms with Gasteiger partial charge in [0.15, 0.2) is 0 Å². The maximum Gasteiger partial charge on any atom is 0.573 e. The van der Waals surface area contributed by atoms with Crippen LogP contribution in [-0.4, -0.2) is 13.1 Å². The van der Waals surface area contributed by atoms with Crippen LogP contribution in [0.2, 0.25) is 6.55 Å². The highest BCUT2D eigenvalue weighted by molar-refractivity contribution is 7.50. The van der Waals surface area contributed by atoms with E-state index in [2.05, 4.69) is 4.74 Å². The minimum Gasteiger partial charge on any atom is -0.406 e. The second-order valence-electron chi connectivity index (χ2n) is 2.96. The SMILES string of the molecule is C[Si](Cl)(Cl)c1cccc(OC(F)(F)F)c1. The van der Waals surface area contributed by atoms with Gasteiger partial charge in [-0.3, -0.25) is 0 Å². The van der Waals surface area contributed by atoms with Crippen molar-refractivity contribution in [2.75, 3.05) is 0 Å². The highest BCUT2D eigenvalue weighted by Crippen LogP contribution is 2.23. The van der Waals surface area contributed by atoms with Crippen molar-refractivity contribution in [3.63, 3.8) is 0 Å². The van der Waals surface area contributed by atoms with E-state index in [9.17, 15) is 13.2 Å². The lowest BCUT2D eigenvalue weighted by Crippen LogP contribution is -2.32. The van der Waals surface area contributed by atoms with Gasteiger partial charge in [0, 0.05) is 0 Å². The van der Waals surface area contributed by atoms with Gasteiger partial charge in [0.1, 0.15) is 5.75 Å². The second-order valence-corrected chi connectivity index (χ2v) is 10.4. The summed E-state index contributed by atoms with van der Waals surface area (Å²) in [5.74, 6) is -0.306. The van der Waals surface area contributed by atoms with Crippen LogP contribution in [-0.2, 0) is 0 Å². The second kappa shape index (κ2) is 4.23. The van der Waals surface area contributed by atoms with Crippen LogP contribution in [0, 0.1) is 0 Å². The molecule has 0 saturated carbocycles. The molecule has 1 aromatic carbocycles. The average Bonchev–Trinajstić information content (AvgIpc) is 1.99. The van der Waals surface area contributed by atoms with E-state index in [1.54, 1.807) is 12.6 Å². The molecule has 0 aliphatic carbocycles. The topological polar surface area (TPSA) is 9.23 Å². The first-order chi connectivity index (χ1) is 6.68. The van der Waals surface area contributed by atoms with Crippen LogP contribution >= 0.6 is 22.2 Å². The van der Waals surface area contributed by atoms with E-state index in [4.69, 9.17) is 22.2 Å². The Labute approximate surface area is 95.2 Å². The van der Waals surface area contributed by atoms with Crippen molar-refractivity contribution < 1.29 is 17.9 Å². The quantitative estimate of drug-likeness (QED) is 0.594. The minimum absolute atomic E-state index is 0.306. The molecule has 1 nitrogen and oxygen atoms in total. The zero-order chi connectivity index (χ0) is 11.7. The Morgan fingerprint density at radius 3 is 2.33 bits per heavy atom. The number of hydrogen-bond acceptors (Lipinski definition) is 1. The van der Waals surface area contributed by atoms with Crippen molar-refractivity contribution >= 4 is 34.0 Å². The molecule has 1 rings (SSSR count). The van der Waals surface area contributed by atoms with Crippen LogP contribution in [0.15, 0.2) is 24.3 Å². The highest BCUT2D eigenvalue weighted by atomic mass is 35.7. The molecule has 0 heterocycles. The molecule has 0 spiro atoms. The average molecular weight is 275 g/mol. The van der Waals surface area contributed by atoms with Gasteiger partial charge < -0.3 is 4.74 Å². The van der Waals surface area contributed by atoms with Crippen LogP contribution in [0.1, 0.15) is 0 Å². The molecule has 84 valence electrons. The molecule has 0 atom stereocenters. The lowest BCUT2D eigenvalue weighted by molar-refractivity contribution is -0.274. The number of benzene rings is 1. The summed E-state index contributed by atoms with van der Waals surface area (Å²) >= 11 is 11.7. The third kappa shape index (κ3) is 4.32. The molecular formula is C8H7Cl2F3OSi. The maximum atomic E-state index is 11.9. The number of ether oxygens (including phenoxy) is 1. The molecule has 1 aromatic rings. The largest absolute Gasteiger partial charge is 0.573 e. The molecule has 7 heteroatoms. The summed E-state index contributed by atoms with van der Waals surface area (Å²) in [4.78, 5) is 0. The number of hydrogen-bond donors (Lipinski definition) is 0. The molecule has 0 N–H and O–H groups in total. The summed E-state index contributed by atoms with van der Waals surface area (Å²) < 4.78 is 39.4. The highest BCUT2D eigenvalue weighted by Gasteiger charge is 2.32. The molecule has 0 aliphatic heterocycles. The Kier molecular flexibility index (Phi) is 3.58. The van der Waals surface area contributed by atoms with Crippen molar-refractivity contribution in [2.24, 2.45) is 0 Å². The third-order valence-corrected chi connectivity index (χ3v) is 4.21. The van der Waals surface area contributed by atoms with Crippen LogP contribution in [0.4, 0.5) is 13.2 Å². The molecule has 0 amide bonds. The fraction of sp³-hybridized carbons (Fsp3) is 0.250. The first kappa shape index (κ1) is 12.7. The molecule has 0 aliphatic rings. The van der Waals surface area contributed by atoms with E-state index in [1.165, 1.54) is 18.2 Å². The fourth-order valence-corrected chi connectivity index (χ4v) is 2.46. The van der Waals surface area contributed by atoms with Gasteiger partial charge in [-0.25, -0.2) is 0 Å². The van der Waals surface area contributed by atoms with Crippen LogP contribution in [0.3, 0.4) is 0 Å². The number of alkyl halides is 3. The first-order valence-electron chi connectivity index (χ1n) is 3.92. The van der Waals surface area contributed by atoms with Crippen molar-refractivity contribution in [3.8, 4) is 5.75 Å². The fourth-order valence-electron chi connectivity index (χ4n) is 0.966. The van der Waals surface area contributed by atoms with E-state index >= 15 is 0 Å². The van der Waals surface area contributed by atoms with Crippen LogP contribution < -0.4 is 9.92 Å². The van der Waals surface area contributed by atoms with Gasteiger partial charge >= 0.3 is 6.36 Å². The van der Waals surface area contributed by atoms with Gasteiger partial charge in [0.2, 0.25) is 0 Å². The summed E-state index contributed by atoms with van der Waals surface area (Å²) in [5, 5.41) is 0.479. The van der Waals surface area contributed by atoms with Crippen molar-refractivity contribution in [1.82, 2.24) is 0 Å². The summed E-state index contributed by atoms with van der Waals surface area (Å²) in [6, 6.07) is 5.41. The molecule has 0 fully saturated rings. The summed E-state index contributed by atoms with van der Waals surface area (Å²) in [6.45, 7) is -1.04. The van der Waals surface area contributed by atoms with Crippen molar-refractivity contribution in [2.45, 2.75) is 12.9 Å². The van der Waals surface area contributed by atoms with E-state index in [0.717, 1.165) is 0 Å². The van der Waals surface area contributed by atoms with Gasteiger partial charge in [-0.2, -0.15) is 0 Å². The molecular weight excluding hydrogens is 268 g/mol. The number of halogens is 5. The van der Waals surface area contributed by atoms with Gasteiger partial charge in [-0.1, -0.05) is 12.1 Å². The number of rotatable bonds is 2. The van der Waals surface area contributed by atoms with E-state index in [-0.39, 0.29) is 5.75 Å². The zero-order valence-corrected chi connectivity index (χ0v) is 10.1. The summed E-state index contributed by atoms with van der Waals surface area (Å²) in [7, 11) is 0. The first-order valence-corrected chi connectivity index (χ1v) is 8.45. The maximum absolute atomic E-state index is 11.9. The monoisotopic (exact) mass is 274 g/mol. The van der Waals surface area contributed by atoms with E-state index < -0.39 is 13.1 Å². The van der Waals surface area contributed by atoms with Crippen LogP contribution in [0.25, 0.3) is 0 Å². The molecule has 0 bridgehead atoms. The van der Waals surface area contributed by atoms with Gasteiger partial charge in [-0.05, 0) is 23.9 Å². The minimum atomic E-state index is -4.70. The molecule has 0 aromatic heterocycles. The smallest absolute Gasteiger partial charge is 0.406 e. The predicted octanol–water partition coefficient (Wildman–Crippen LogP) is 3.34. The third-order valence-electron chi connectivity index (χ3n) is 1.57. The lowest BCUT2D eigenvalue weighted by Gasteiger charge is -2.13. The van der Waals surface area contributed by atoms with E-state index in [1.807, 2.05) is 0 Å². The van der Waals surface area contributed by atoms with Crippen molar-refractivity contribution in [1.29, 1.82) is 0 Å². The Balaban J connectivity index is 2.94. The van der Waals surface area contributed by atoms with Gasteiger partial charge in [-0.15, -0.1) is 35.3 Å². The Bertz CT molecular complexity index is 348. The normalized spacial score (nSPS) is 12.7. The lowest BCUT2D eigenvalue weighted by atomic mass is 10.3. The summed E-state index contributed by atoms with van der Waals surface area (Å²) in [5.41, 5.74) is 0. The molecule has 15 heavy (non-hydrogen) atoms. The molecule has 0 saturated heterocycles. The zero-order valence-electron chi connectivity index (χ0n) is 7.61. The summed E-state index contributed by atoms with van der Waals surface area (Å²) in [6.07, 6.45) is -4.70. The van der Waals surface area contributed by atoms with E-state index in [0.29, 0.717) is 5.19 Å². The van der Waals surface area contributed by atoms with Gasteiger partial charge in [0.05, 0.1) is 0 Å².